The van der Waals surface area contributed by atoms with Crippen LogP contribution in [-0.2, 0) is 5.88 Å². The maximum Gasteiger partial charge on any atom is 0.272 e. The second-order valence-electron chi connectivity index (χ2n) is 4.00. The van der Waals surface area contributed by atoms with Crippen LogP contribution in [0.4, 0.5) is 10.1 Å². The second kappa shape index (κ2) is 6.47. The zero-order valence-electron chi connectivity index (χ0n) is 10.3. The SMILES string of the molecule is O=[N+]([O-])c1cc(Cl)c(Oc2ccc(CCl)cc2F)c(Cl)c1. The van der Waals surface area contributed by atoms with Crippen LogP contribution in [-0.4, -0.2) is 4.92 Å². The van der Waals surface area contributed by atoms with Crippen molar-refractivity contribution in [3.05, 3.63) is 61.9 Å². The molecule has 0 heterocycles. The quantitative estimate of drug-likeness (QED) is 0.411. The molecule has 0 aliphatic rings. The van der Waals surface area contributed by atoms with Gasteiger partial charge in [0, 0.05) is 18.0 Å². The van der Waals surface area contributed by atoms with E-state index in [4.69, 9.17) is 39.5 Å². The molecule has 0 fully saturated rings. The van der Waals surface area contributed by atoms with Gasteiger partial charge in [-0.05, 0) is 17.7 Å². The van der Waals surface area contributed by atoms with E-state index in [1.165, 1.54) is 12.1 Å². The van der Waals surface area contributed by atoms with Gasteiger partial charge in [0.05, 0.1) is 15.0 Å². The summed E-state index contributed by atoms with van der Waals surface area (Å²) in [6.45, 7) is 0. The first kappa shape index (κ1) is 15.8. The summed E-state index contributed by atoms with van der Waals surface area (Å²) in [6, 6.07) is 6.33. The van der Waals surface area contributed by atoms with Gasteiger partial charge in [-0.1, -0.05) is 29.3 Å². The Kier molecular flexibility index (Phi) is 4.88. The molecular weight excluding hydrogens is 344 g/mol. The van der Waals surface area contributed by atoms with Crippen molar-refractivity contribution < 1.29 is 14.1 Å². The van der Waals surface area contributed by atoms with Crippen LogP contribution in [0.3, 0.4) is 0 Å². The van der Waals surface area contributed by atoms with E-state index in [-0.39, 0.29) is 33.1 Å². The lowest BCUT2D eigenvalue weighted by molar-refractivity contribution is -0.384. The zero-order chi connectivity index (χ0) is 15.6. The number of ether oxygens (including phenoxy) is 1. The summed E-state index contributed by atoms with van der Waals surface area (Å²) in [5.74, 6) is -0.641. The zero-order valence-corrected chi connectivity index (χ0v) is 12.5. The molecule has 110 valence electrons. The van der Waals surface area contributed by atoms with E-state index in [0.29, 0.717) is 5.56 Å². The minimum Gasteiger partial charge on any atom is -0.451 e. The van der Waals surface area contributed by atoms with Crippen LogP contribution in [0.1, 0.15) is 5.56 Å². The molecule has 0 unspecified atom stereocenters. The lowest BCUT2D eigenvalue weighted by Crippen LogP contribution is -1.94. The molecule has 2 rings (SSSR count). The predicted molar refractivity (Wildman–Crippen MR) is 79.1 cm³/mol. The molecular formula is C13H7Cl3FNO3. The minimum atomic E-state index is -0.641. The molecule has 8 heteroatoms. The van der Waals surface area contributed by atoms with Crippen LogP contribution in [0.25, 0.3) is 0 Å². The van der Waals surface area contributed by atoms with Crippen LogP contribution in [0, 0.1) is 15.9 Å². The smallest absolute Gasteiger partial charge is 0.272 e. The minimum absolute atomic E-state index is 0.0542. The molecule has 4 nitrogen and oxygen atoms in total. The first-order chi connectivity index (χ1) is 9.92. The molecule has 0 saturated carbocycles. The van der Waals surface area contributed by atoms with E-state index in [2.05, 4.69) is 0 Å². The number of hydrogen-bond acceptors (Lipinski definition) is 3. The molecule has 0 spiro atoms. The summed E-state index contributed by atoms with van der Waals surface area (Å²) in [7, 11) is 0. The maximum atomic E-state index is 13.8. The van der Waals surface area contributed by atoms with Crippen LogP contribution in [0.15, 0.2) is 30.3 Å². The maximum absolute atomic E-state index is 13.8. The Bertz CT molecular complexity index is 686. The fraction of sp³-hybridized carbons (Fsp3) is 0.0769. The highest BCUT2D eigenvalue weighted by atomic mass is 35.5. The van der Waals surface area contributed by atoms with E-state index in [1.54, 1.807) is 6.07 Å². The summed E-state index contributed by atoms with van der Waals surface area (Å²) in [6.07, 6.45) is 0. The molecule has 0 aliphatic heterocycles. The van der Waals surface area contributed by atoms with Gasteiger partial charge in [-0.2, -0.15) is 0 Å². The first-order valence-corrected chi connectivity index (χ1v) is 6.87. The number of hydrogen-bond donors (Lipinski definition) is 0. The normalized spacial score (nSPS) is 10.5. The molecule has 0 aliphatic carbocycles. The molecule has 0 bridgehead atoms. The number of alkyl halides is 1. The molecule has 0 radical (unpaired) electrons. The number of rotatable bonds is 4. The van der Waals surface area contributed by atoms with Gasteiger partial charge in [0.25, 0.3) is 5.69 Å². The lowest BCUT2D eigenvalue weighted by atomic mass is 10.2. The van der Waals surface area contributed by atoms with E-state index in [0.717, 1.165) is 12.1 Å². The van der Waals surface area contributed by atoms with Crippen LogP contribution >= 0.6 is 34.8 Å². The van der Waals surface area contributed by atoms with Crippen LogP contribution < -0.4 is 4.74 Å². The Morgan fingerprint density at radius 1 is 1.19 bits per heavy atom. The van der Waals surface area contributed by atoms with Crippen molar-refractivity contribution in [1.29, 1.82) is 0 Å². The lowest BCUT2D eigenvalue weighted by Gasteiger charge is -2.10. The summed E-state index contributed by atoms with van der Waals surface area (Å²) >= 11 is 17.4. The van der Waals surface area contributed by atoms with Crippen molar-refractivity contribution in [3.63, 3.8) is 0 Å². The Morgan fingerprint density at radius 2 is 1.81 bits per heavy atom. The molecule has 0 saturated heterocycles. The fourth-order valence-corrected chi connectivity index (χ4v) is 2.29. The average molecular weight is 351 g/mol. The van der Waals surface area contributed by atoms with Gasteiger partial charge in [-0.3, -0.25) is 10.1 Å². The molecule has 2 aromatic rings. The Morgan fingerprint density at radius 3 is 2.29 bits per heavy atom. The van der Waals surface area contributed by atoms with Gasteiger partial charge in [0.1, 0.15) is 0 Å². The summed E-state index contributed by atoms with van der Waals surface area (Å²) in [5.41, 5.74) is 0.303. The molecule has 21 heavy (non-hydrogen) atoms. The number of nitrogens with zero attached hydrogens (tertiary/aromatic N) is 1. The van der Waals surface area contributed by atoms with Crippen LogP contribution in [0.5, 0.6) is 11.5 Å². The highest BCUT2D eigenvalue weighted by Crippen LogP contribution is 2.40. The van der Waals surface area contributed by atoms with Gasteiger partial charge >= 0.3 is 0 Å². The molecule has 0 N–H and O–H groups in total. The van der Waals surface area contributed by atoms with Gasteiger partial charge < -0.3 is 4.74 Å². The number of halogens is 4. The fourth-order valence-electron chi connectivity index (χ4n) is 1.57. The summed E-state index contributed by atoms with van der Waals surface area (Å²) in [4.78, 5) is 10.0. The third kappa shape index (κ3) is 3.56. The van der Waals surface area contributed by atoms with Gasteiger partial charge in [0.2, 0.25) is 0 Å². The third-order valence-electron chi connectivity index (χ3n) is 2.56. The monoisotopic (exact) mass is 349 g/mol. The number of non-ortho nitro benzene ring substituents is 1. The summed E-state index contributed by atoms with van der Waals surface area (Å²) < 4.78 is 19.1. The average Bonchev–Trinajstić information content (AvgIpc) is 2.43. The predicted octanol–water partition coefficient (Wildman–Crippen LogP) is 5.57. The van der Waals surface area contributed by atoms with Crippen molar-refractivity contribution in [2.24, 2.45) is 0 Å². The second-order valence-corrected chi connectivity index (χ2v) is 5.08. The van der Waals surface area contributed by atoms with Crippen molar-refractivity contribution >= 4 is 40.5 Å². The van der Waals surface area contributed by atoms with E-state index in [9.17, 15) is 14.5 Å². The highest BCUT2D eigenvalue weighted by molar-refractivity contribution is 6.37. The number of nitro benzene ring substituents is 1. The van der Waals surface area contributed by atoms with E-state index in [1.807, 2.05) is 0 Å². The Hall–Kier alpha value is -1.56. The molecule has 0 amide bonds. The molecule has 2 aromatic carbocycles. The Labute approximate surface area is 134 Å². The van der Waals surface area contributed by atoms with Gasteiger partial charge in [-0.15, -0.1) is 11.6 Å². The van der Waals surface area contributed by atoms with Crippen molar-refractivity contribution in [2.45, 2.75) is 5.88 Å². The Balaban J connectivity index is 2.38. The largest absolute Gasteiger partial charge is 0.451 e. The van der Waals surface area contributed by atoms with E-state index >= 15 is 0 Å². The summed E-state index contributed by atoms with van der Waals surface area (Å²) in [5, 5.41) is 10.5. The van der Waals surface area contributed by atoms with Gasteiger partial charge in [0.15, 0.2) is 17.3 Å². The number of nitro groups is 1. The van der Waals surface area contributed by atoms with Crippen molar-refractivity contribution in [2.75, 3.05) is 0 Å². The topological polar surface area (TPSA) is 52.4 Å². The highest BCUT2D eigenvalue weighted by Gasteiger charge is 2.17. The number of benzene rings is 2. The van der Waals surface area contributed by atoms with Crippen molar-refractivity contribution in [3.8, 4) is 11.5 Å². The molecule has 0 aromatic heterocycles. The standard InChI is InChI=1S/C13H7Cl3FNO3/c14-6-7-1-2-12(11(17)3-7)21-13-9(15)4-8(18(19)20)5-10(13)16/h1-5H,6H2. The first-order valence-electron chi connectivity index (χ1n) is 5.58. The van der Waals surface area contributed by atoms with Crippen molar-refractivity contribution in [1.82, 2.24) is 0 Å². The van der Waals surface area contributed by atoms with Crippen LogP contribution in [0.2, 0.25) is 10.0 Å². The van der Waals surface area contributed by atoms with Gasteiger partial charge in [-0.25, -0.2) is 4.39 Å². The third-order valence-corrected chi connectivity index (χ3v) is 3.43. The van der Waals surface area contributed by atoms with E-state index < -0.39 is 10.7 Å². The molecule has 0 atom stereocenters.